The molecule has 26 heavy (non-hydrogen) atoms. The smallest absolute Gasteiger partial charge is 0.243 e. The molecule has 0 fully saturated rings. The minimum atomic E-state index is -0.635. The van der Waals surface area contributed by atoms with E-state index < -0.39 is 6.04 Å². The molecule has 0 saturated heterocycles. The van der Waals surface area contributed by atoms with Crippen LogP contribution in [-0.4, -0.2) is 36.3 Å². The summed E-state index contributed by atoms with van der Waals surface area (Å²) < 4.78 is 0. The van der Waals surface area contributed by atoms with Gasteiger partial charge in [-0.05, 0) is 37.5 Å². The molecule has 0 heterocycles. The van der Waals surface area contributed by atoms with Gasteiger partial charge in [0.1, 0.15) is 0 Å². The van der Waals surface area contributed by atoms with Gasteiger partial charge in [0, 0.05) is 11.7 Å². The highest BCUT2D eigenvalue weighted by Crippen LogP contribution is 2.10. The van der Waals surface area contributed by atoms with Gasteiger partial charge in [-0.2, -0.15) is 0 Å². The van der Waals surface area contributed by atoms with Gasteiger partial charge in [0.05, 0.1) is 19.0 Å². The van der Waals surface area contributed by atoms with Crippen LogP contribution < -0.4 is 21.7 Å². The van der Waals surface area contributed by atoms with E-state index in [9.17, 15) is 14.4 Å². The standard InChI is InChI=1S/C18H28N4O3.ClH/c1-11(2)17(19)18(25)20-10-16(24)22-14-7-5-13(6-8-14)9-15(23)21-12(3)4;/h5-8,11-12,17H,9-10,19H2,1-4H3,(H,20,25)(H,21,23)(H,22,24);1H/t17-;/m0./s1. The number of carbonyl (C=O) groups excluding carboxylic acids is 3. The molecule has 1 aromatic carbocycles. The van der Waals surface area contributed by atoms with Gasteiger partial charge >= 0.3 is 0 Å². The fourth-order valence-corrected chi connectivity index (χ4v) is 2.06. The maximum atomic E-state index is 11.9. The summed E-state index contributed by atoms with van der Waals surface area (Å²) in [5, 5.41) is 8.02. The highest BCUT2D eigenvalue weighted by molar-refractivity contribution is 5.95. The Hall–Kier alpha value is -2.12. The van der Waals surface area contributed by atoms with Crippen molar-refractivity contribution in [2.75, 3.05) is 11.9 Å². The Morgan fingerprint density at radius 3 is 2.08 bits per heavy atom. The van der Waals surface area contributed by atoms with Crippen molar-refractivity contribution in [3.8, 4) is 0 Å². The molecule has 5 N–H and O–H groups in total. The quantitative estimate of drug-likeness (QED) is 0.539. The Balaban J connectivity index is 0.00000625. The first kappa shape index (κ1) is 23.9. The van der Waals surface area contributed by atoms with E-state index in [2.05, 4.69) is 16.0 Å². The number of carbonyl (C=O) groups is 3. The van der Waals surface area contributed by atoms with Crippen LogP contribution in [0.2, 0.25) is 0 Å². The monoisotopic (exact) mass is 384 g/mol. The lowest BCUT2D eigenvalue weighted by molar-refractivity contribution is -0.125. The molecular formula is C18H29ClN4O3. The first-order chi connectivity index (χ1) is 11.7. The summed E-state index contributed by atoms with van der Waals surface area (Å²) >= 11 is 0. The third-order valence-electron chi connectivity index (χ3n) is 3.50. The maximum Gasteiger partial charge on any atom is 0.243 e. The Morgan fingerprint density at radius 1 is 1.00 bits per heavy atom. The Kier molecular flexibility index (Phi) is 10.6. The SMILES string of the molecule is CC(C)NC(=O)Cc1ccc(NC(=O)CNC(=O)[C@@H](N)C(C)C)cc1.Cl. The molecule has 1 atom stereocenters. The summed E-state index contributed by atoms with van der Waals surface area (Å²) in [4.78, 5) is 35.3. The van der Waals surface area contributed by atoms with Crippen molar-refractivity contribution >= 4 is 35.8 Å². The molecule has 0 aliphatic carbocycles. The molecule has 1 aromatic rings. The van der Waals surface area contributed by atoms with Gasteiger partial charge in [0.25, 0.3) is 0 Å². The van der Waals surface area contributed by atoms with Gasteiger partial charge in [0.2, 0.25) is 17.7 Å². The second-order valence-electron chi connectivity index (χ2n) is 6.63. The van der Waals surface area contributed by atoms with E-state index in [-0.39, 0.29) is 55.1 Å². The number of hydrogen-bond acceptors (Lipinski definition) is 4. The lowest BCUT2D eigenvalue weighted by atomic mass is 10.1. The summed E-state index contributed by atoms with van der Waals surface area (Å²) in [7, 11) is 0. The van der Waals surface area contributed by atoms with Crippen molar-refractivity contribution in [1.29, 1.82) is 0 Å². The number of halogens is 1. The van der Waals surface area contributed by atoms with Crippen molar-refractivity contribution in [3.05, 3.63) is 29.8 Å². The van der Waals surface area contributed by atoms with Crippen molar-refractivity contribution < 1.29 is 14.4 Å². The summed E-state index contributed by atoms with van der Waals surface area (Å²) in [6, 6.07) is 6.47. The van der Waals surface area contributed by atoms with E-state index in [1.54, 1.807) is 24.3 Å². The van der Waals surface area contributed by atoms with Crippen LogP contribution in [0.3, 0.4) is 0 Å². The fraction of sp³-hybridized carbons (Fsp3) is 0.500. The number of hydrogen-bond donors (Lipinski definition) is 4. The molecule has 0 saturated carbocycles. The van der Waals surface area contributed by atoms with Crippen LogP contribution in [0.4, 0.5) is 5.69 Å². The molecule has 7 nitrogen and oxygen atoms in total. The molecule has 0 bridgehead atoms. The van der Waals surface area contributed by atoms with Gasteiger partial charge in [0.15, 0.2) is 0 Å². The van der Waals surface area contributed by atoms with Crippen molar-refractivity contribution in [1.82, 2.24) is 10.6 Å². The predicted octanol–water partition coefficient (Wildman–Crippen LogP) is 1.21. The third-order valence-corrected chi connectivity index (χ3v) is 3.50. The number of nitrogens with two attached hydrogens (primary N) is 1. The molecule has 0 radical (unpaired) electrons. The second kappa shape index (κ2) is 11.5. The molecule has 3 amide bonds. The van der Waals surface area contributed by atoms with Gasteiger partial charge < -0.3 is 21.7 Å². The lowest BCUT2D eigenvalue weighted by Crippen LogP contribution is -2.46. The van der Waals surface area contributed by atoms with E-state index >= 15 is 0 Å². The van der Waals surface area contributed by atoms with Gasteiger partial charge in [-0.3, -0.25) is 14.4 Å². The Labute approximate surface area is 160 Å². The summed E-state index contributed by atoms with van der Waals surface area (Å²) in [6.45, 7) is 7.35. The first-order valence-electron chi connectivity index (χ1n) is 8.40. The molecule has 0 spiro atoms. The highest BCUT2D eigenvalue weighted by Gasteiger charge is 2.17. The topological polar surface area (TPSA) is 113 Å². The van der Waals surface area contributed by atoms with Crippen LogP contribution in [0.15, 0.2) is 24.3 Å². The van der Waals surface area contributed by atoms with Crippen LogP contribution in [0.1, 0.15) is 33.3 Å². The molecular weight excluding hydrogens is 356 g/mol. The van der Waals surface area contributed by atoms with E-state index in [0.717, 1.165) is 5.56 Å². The van der Waals surface area contributed by atoms with Crippen LogP contribution in [0.5, 0.6) is 0 Å². The highest BCUT2D eigenvalue weighted by atomic mass is 35.5. The zero-order valence-electron chi connectivity index (χ0n) is 15.7. The van der Waals surface area contributed by atoms with Crippen molar-refractivity contribution in [2.24, 2.45) is 11.7 Å². The zero-order chi connectivity index (χ0) is 19.0. The minimum Gasteiger partial charge on any atom is -0.354 e. The number of rotatable bonds is 8. The molecule has 146 valence electrons. The first-order valence-corrected chi connectivity index (χ1v) is 8.40. The van der Waals surface area contributed by atoms with Gasteiger partial charge in [-0.1, -0.05) is 26.0 Å². The minimum absolute atomic E-state index is 0. The normalized spacial score (nSPS) is 11.5. The average molecular weight is 385 g/mol. The fourth-order valence-electron chi connectivity index (χ4n) is 2.06. The molecule has 0 unspecified atom stereocenters. The van der Waals surface area contributed by atoms with E-state index in [0.29, 0.717) is 5.69 Å². The van der Waals surface area contributed by atoms with Gasteiger partial charge in [-0.25, -0.2) is 0 Å². The summed E-state index contributed by atoms with van der Waals surface area (Å²) in [5.41, 5.74) is 7.16. The summed E-state index contributed by atoms with van der Waals surface area (Å²) in [6.07, 6.45) is 0.287. The number of nitrogens with one attached hydrogen (secondary N) is 3. The van der Waals surface area contributed by atoms with E-state index in [1.807, 2.05) is 27.7 Å². The Morgan fingerprint density at radius 2 is 1.58 bits per heavy atom. The second-order valence-corrected chi connectivity index (χ2v) is 6.63. The lowest BCUT2D eigenvalue weighted by Gasteiger charge is -2.15. The van der Waals surface area contributed by atoms with E-state index in [1.165, 1.54) is 0 Å². The van der Waals surface area contributed by atoms with Crippen LogP contribution in [0.25, 0.3) is 0 Å². The Bertz CT molecular complexity index is 603. The van der Waals surface area contributed by atoms with E-state index in [4.69, 9.17) is 5.73 Å². The average Bonchev–Trinajstić information content (AvgIpc) is 2.52. The maximum absolute atomic E-state index is 11.9. The largest absolute Gasteiger partial charge is 0.354 e. The zero-order valence-corrected chi connectivity index (χ0v) is 16.5. The van der Waals surface area contributed by atoms with Crippen LogP contribution in [-0.2, 0) is 20.8 Å². The molecule has 1 rings (SSSR count). The third kappa shape index (κ3) is 8.82. The predicted molar refractivity (Wildman–Crippen MR) is 105 cm³/mol. The molecule has 0 aliphatic heterocycles. The molecule has 0 aromatic heterocycles. The summed E-state index contributed by atoms with van der Waals surface area (Å²) in [5.74, 6) is -0.731. The van der Waals surface area contributed by atoms with Crippen LogP contribution >= 0.6 is 12.4 Å². The molecule has 0 aliphatic rings. The van der Waals surface area contributed by atoms with Gasteiger partial charge in [-0.15, -0.1) is 12.4 Å². The van der Waals surface area contributed by atoms with Crippen molar-refractivity contribution in [2.45, 2.75) is 46.2 Å². The number of anilines is 1. The number of benzene rings is 1. The molecule has 8 heteroatoms. The van der Waals surface area contributed by atoms with Crippen LogP contribution in [0, 0.1) is 5.92 Å². The van der Waals surface area contributed by atoms with Crippen molar-refractivity contribution in [3.63, 3.8) is 0 Å². The number of amides is 3.